The molecule has 1 aromatic carbocycles. The summed E-state index contributed by atoms with van der Waals surface area (Å²) in [4.78, 5) is 15.0. The fourth-order valence-corrected chi connectivity index (χ4v) is 3.82. The van der Waals surface area contributed by atoms with E-state index in [1.807, 2.05) is 23.1 Å². The third kappa shape index (κ3) is 5.03. The van der Waals surface area contributed by atoms with Crippen LogP contribution in [0.15, 0.2) is 30.3 Å². The van der Waals surface area contributed by atoms with Crippen molar-refractivity contribution in [1.29, 1.82) is 0 Å². The summed E-state index contributed by atoms with van der Waals surface area (Å²) in [5.41, 5.74) is 1.09. The Morgan fingerprint density at radius 2 is 1.88 bits per heavy atom. The molecule has 0 bridgehead atoms. The first-order valence-corrected chi connectivity index (χ1v) is 9.45. The highest BCUT2D eigenvalue weighted by Gasteiger charge is 2.28. The van der Waals surface area contributed by atoms with Crippen LogP contribution in [0.25, 0.3) is 0 Å². The number of hydrogen-bond donors (Lipinski definition) is 1. The Labute approximate surface area is 150 Å². The number of ether oxygens (including phenoxy) is 2. The molecule has 1 saturated carbocycles. The van der Waals surface area contributed by atoms with Crippen molar-refractivity contribution < 1.29 is 14.3 Å². The molecule has 0 radical (unpaired) electrons. The molecular formula is C20H30N2O3. The van der Waals surface area contributed by atoms with Crippen molar-refractivity contribution in [1.82, 2.24) is 10.2 Å². The van der Waals surface area contributed by atoms with Gasteiger partial charge in [0.1, 0.15) is 0 Å². The van der Waals surface area contributed by atoms with Crippen LogP contribution in [0.3, 0.4) is 0 Å². The summed E-state index contributed by atoms with van der Waals surface area (Å²) in [6.07, 6.45) is 4.83. The molecule has 1 heterocycles. The largest absolute Gasteiger partial charge is 0.381 e. The van der Waals surface area contributed by atoms with Gasteiger partial charge in [0, 0.05) is 32.8 Å². The normalized spacial score (nSPS) is 25.6. The predicted octanol–water partition coefficient (Wildman–Crippen LogP) is 2.18. The second kappa shape index (κ2) is 9.32. The summed E-state index contributed by atoms with van der Waals surface area (Å²) < 4.78 is 10.8. The lowest BCUT2D eigenvalue weighted by Crippen LogP contribution is -2.46. The molecule has 1 aliphatic carbocycles. The Kier molecular flexibility index (Phi) is 6.84. The quantitative estimate of drug-likeness (QED) is 0.858. The molecule has 25 heavy (non-hydrogen) atoms. The van der Waals surface area contributed by atoms with E-state index in [1.54, 1.807) is 7.11 Å². The molecule has 1 saturated heterocycles. The number of nitrogens with zero attached hydrogens (tertiary/aromatic N) is 1. The predicted molar refractivity (Wildman–Crippen MR) is 97.6 cm³/mol. The lowest BCUT2D eigenvalue weighted by atomic mass is 9.91. The van der Waals surface area contributed by atoms with Crippen molar-refractivity contribution in [2.45, 2.75) is 43.7 Å². The zero-order chi connectivity index (χ0) is 17.5. The Morgan fingerprint density at radius 3 is 2.52 bits per heavy atom. The average molecular weight is 346 g/mol. The summed E-state index contributed by atoms with van der Waals surface area (Å²) in [7, 11) is 1.80. The number of benzene rings is 1. The van der Waals surface area contributed by atoms with Crippen LogP contribution in [-0.2, 0) is 14.3 Å². The topological polar surface area (TPSA) is 50.8 Å². The maximum absolute atomic E-state index is 13.1. The van der Waals surface area contributed by atoms with Gasteiger partial charge in [-0.25, -0.2) is 0 Å². The standard InChI is InChI=1S/C20H30N2O3/c1-24-18-9-7-17(8-10-18)21-15-19(16-5-3-2-4-6-16)20(23)22-11-13-25-14-12-22/h2-6,17-19,21H,7-15H2,1H3/t17?,18?,19-/m0/s1. The molecule has 0 unspecified atom stereocenters. The Balaban J connectivity index is 1.62. The number of methoxy groups -OCH3 is 1. The molecule has 5 nitrogen and oxygen atoms in total. The van der Waals surface area contributed by atoms with E-state index >= 15 is 0 Å². The summed E-state index contributed by atoms with van der Waals surface area (Å²) in [6.45, 7) is 3.37. The number of carbonyl (C=O) groups excluding carboxylic acids is 1. The van der Waals surface area contributed by atoms with Gasteiger partial charge in [-0.1, -0.05) is 30.3 Å². The van der Waals surface area contributed by atoms with Crippen LogP contribution in [0.5, 0.6) is 0 Å². The number of morpholine rings is 1. The highest BCUT2D eigenvalue weighted by Crippen LogP contribution is 2.23. The molecule has 1 aliphatic heterocycles. The smallest absolute Gasteiger partial charge is 0.231 e. The van der Waals surface area contributed by atoms with Gasteiger partial charge in [0.25, 0.3) is 0 Å². The molecular weight excluding hydrogens is 316 g/mol. The summed E-state index contributed by atoms with van der Waals surface area (Å²) in [5.74, 6) is 0.0898. The maximum Gasteiger partial charge on any atom is 0.231 e. The van der Waals surface area contributed by atoms with E-state index in [9.17, 15) is 4.79 Å². The second-order valence-corrected chi connectivity index (χ2v) is 7.02. The van der Waals surface area contributed by atoms with Gasteiger partial charge in [-0.05, 0) is 31.2 Å². The minimum atomic E-state index is -0.126. The van der Waals surface area contributed by atoms with Crippen LogP contribution in [0.2, 0.25) is 0 Å². The third-order valence-electron chi connectivity index (χ3n) is 5.44. The van der Waals surface area contributed by atoms with E-state index in [4.69, 9.17) is 9.47 Å². The summed E-state index contributed by atoms with van der Waals surface area (Å²) >= 11 is 0. The number of rotatable bonds is 6. The molecule has 1 N–H and O–H groups in total. The number of carbonyl (C=O) groups is 1. The Morgan fingerprint density at radius 1 is 1.20 bits per heavy atom. The van der Waals surface area contributed by atoms with Crippen LogP contribution in [0.4, 0.5) is 0 Å². The van der Waals surface area contributed by atoms with E-state index in [0.29, 0.717) is 45.0 Å². The fourth-order valence-electron chi connectivity index (χ4n) is 3.82. The molecule has 3 rings (SSSR count). The molecule has 5 heteroatoms. The van der Waals surface area contributed by atoms with Gasteiger partial charge in [-0.3, -0.25) is 4.79 Å². The second-order valence-electron chi connectivity index (χ2n) is 7.02. The molecule has 1 aromatic rings. The molecule has 1 atom stereocenters. The van der Waals surface area contributed by atoms with Crippen LogP contribution in [0, 0.1) is 0 Å². The lowest BCUT2D eigenvalue weighted by molar-refractivity contribution is -0.136. The van der Waals surface area contributed by atoms with Crippen molar-refractivity contribution in [3.8, 4) is 0 Å². The fraction of sp³-hybridized carbons (Fsp3) is 0.650. The summed E-state index contributed by atoms with van der Waals surface area (Å²) in [6, 6.07) is 10.6. The molecule has 2 fully saturated rings. The summed E-state index contributed by atoms with van der Waals surface area (Å²) in [5, 5.41) is 3.65. The van der Waals surface area contributed by atoms with Crippen molar-refractivity contribution in [3.63, 3.8) is 0 Å². The van der Waals surface area contributed by atoms with E-state index in [-0.39, 0.29) is 11.8 Å². The van der Waals surface area contributed by atoms with Gasteiger partial charge < -0.3 is 19.7 Å². The third-order valence-corrected chi connectivity index (χ3v) is 5.44. The van der Waals surface area contributed by atoms with Gasteiger partial charge in [-0.2, -0.15) is 0 Å². The van der Waals surface area contributed by atoms with E-state index < -0.39 is 0 Å². The van der Waals surface area contributed by atoms with E-state index in [0.717, 1.165) is 31.2 Å². The highest BCUT2D eigenvalue weighted by molar-refractivity contribution is 5.84. The molecule has 0 aromatic heterocycles. The van der Waals surface area contributed by atoms with E-state index in [2.05, 4.69) is 17.4 Å². The first-order valence-electron chi connectivity index (χ1n) is 9.45. The number of amides is 1. The first-order chi connectivity index (χ1) is 12.3. The minimum absolute atomic E-state index is 0.126. The van der Waals surface area contributed by atoms with Gasteiger partial charge >= 0.3 is 0 Å². The van der Waals surface area contributed by atoms with Gasteiger partial charge in [-0.15, -0.1) is 0 Å². The van der Waals surface area contributed by atoms with Gasteiger partial charge in [0.15, 0.2) is 0 Å². The number of nitrogens with one attached hydrogen (secondary N) is 1. The molecule has 138 valence electrons. The van der Waals surface area contributed by atoms with Gasteiger partial charge in [0.05, 0.1) is 25.2 Å². The van der Waals surface area contributed by atoms with Crippen LogP contribution < -0.4 is 5.32 Å². The molecule has 2 aliphatic rings. The number of hydrogen-bond acceptors (Lipinski definition) is 4. The average Bonchev–Trinajstić information content (AvgIpc) is 2.70. The Hall–Kier alpha value is -1.43. The maximum atomic E-state index is 13.1. The first kappa shape index (κ1) is 18.4. The SMILES string of the molecule is COC1CCC(NC[C@H](C(=O)N2CCOCC2)c2ccccc2)CC1. The Bertz CT molecular complexity index is 523. The monoisotopic (exact) mass is 346 g/mol. The molecule has 0 spiro atoms. The van der Waals surface area contributed by atoms with Gasteiger partial charge in [0.2, 0.25) is 5.91 Å². The lowest BCUT2D eigenvalue weighted by Gasteiger charge is -2.33. The van der Waals surface area contributed by atoms with Crippen molar-refractivity contribution in [2.75, 3.05) is 40.0 Å². The van der Waals surface area contributed by atoms with Crippen LogP contribution in [-0.4, -0.2) is 62.9 Å². The van der Waals surface area contributed by atoms with Crippen molar-refractivity contribution in [3.05, 3.63) is 35.9 Å². The van der Waals surface area contributed by atoms with Crippen LogP contribution >= 0.6 is 0 Å². The van der Waals surface area contributed by atoms with Crippen molar-refractivity contribution >= 4 is 5.91 Å². The zero-order valence-electron chi connectivity index (χ0n) is 15.2. The zero-order valence-corrected chi connectivity index (χ0v) is 15.2. The van der Waals surface area contributed by atoms with Crippen LogP contribution in [0.1, 0.15) is 37.2 Å². The minimum Gasteiger partial charge on any atom is -0.381 e. The van der Waals surface area contributed by atoms with E-state index in [1.165, 1.54) is 0 Å². The highest BCUT2D eigenvalue weighted by atomic mass is 16.5. The van der Waals surface area contributed by atoms with Crippen molar-refractivity contribution in [2.24, 2.45) is 0 Å². The molecule has 1 amide bonds.